The molecule has 1 aliphatic rings. The minimum atomic E-state index is -0.333. The minimum Gasteiger partial charge on any atom is -0.473 e. The Bertz CT molecular complexity index is 372. The molecule has 0 spiro atoms. The Hall–Kier alpha value is -1.16. The highest BCUT2D eigenvalue weighted by atomic mass is 19.1. The van der Waals surface area contributed by atoms with Crippen molar-refractivity contribution in [2.45, 2.75) is 38.8 Å². The van der Waals surface area contributed by atoms with E-state index in [4.69, 9.17) is 4.74 Å². The number of hydrogen-bond acceptors (Lipinski definition) is 3. The lowest BCUT2D eigenvalue weighted by atomic mass is 10.1. The Balaban J connectivity index is 1.92. The van der Waals surface area contributed by atoms with E-state index in [9.17, 15) is 4.39 Å². The van der Waals surface area contributed by atoms with Crippen LogP contribution in [0.5, 0.6) is 5.88 Å². The summed E-state index contributed by atoms with van der Waals surface area (Å²) in [5.41, 5.74) is 0.175. The molecular formula is C13H19FN2O. The van der Waals surface area contributed by atoms with Gasteiger partial charge in [-0.05, 0) is 33.3 Å². The van der Waals surface area contributed by atoms with Crippen LogP contribution in [0.1, 0.15) is 27.2 Å². The van der Waals surface area contributed by atoms with E-state index >= 15 is 0 Å². The molecule has 0 bridgehead atoms. The molecule has 94 valence electrons. The molecule has 1 aliphatic heterocycles. The molecule has 17 heavy (non-hydrogen) atoms. The van der Waals surface area contributed by atoms with Gasteiger partial charge in [0.05, 0.1) is 6.20 Å². The molecule has 2 heterocycles. The van der Waals surface area contributed by atoms with Crippen LogP contribution in [0.25, 0.3) is 0 Å². The first-order chi connectivity index (χ1) is 7.95. The van der Waals surface area contributed by atoms with Gasteiger partial charge < -0.3 is 4.74 Å². The highest BCUT2D eigenvalue weighted by Gasteiger charge is 2.31. The number of rotatable bonds is 2. The maximum Gasteiger partial charge on any atom is 0.213 e. The van der Waals surface area contributed by atoms with Crippen LogP contribution in [-0.2, 0) is 0 Å². The normalized spacial score (nSPS) is 21.8. The van der Waals surface area contributed by atoms with E-state index in [1.807, 2.05) is 0 Å². The van der Waals surface area contributed by atoms with Crippen molar-refractivity contribution in [3.8, 4) is 5.88 Å². The molecule has 0 saturated carbocycles. The van der Waals surface area contributed by atoms with Gasteiger partial charge in [0.2, 0.25) is 5.88 Å². The van der Waals surface area contributed by atoms with E-state index in [1.165, 1.54) is 12.3 Å². The number of likely N-dealkylation sites (tertiary alicyclic amines) is 1. The summed E-state index contributed by atoms with van der Waals surface area (Å²) in [5.74, 6) is 0.173. The third-order valence-corrected chi connectivity index (χ3v) is 3.08. The van der Waals surface area contributed by atoms with E-state index in [0.717, 1.165) is 19.5 Å². The van der Waals surface area contributed by atoms with E-state index in [0.29, 0.717) is 5.88 Å². The Morgan fingerprint density at radius 2 is 2.18 bits per heavy atom. The summed E-state index contributed by atoms with van der Waals surface area (Å²) < 4.78 is 18.4. The number of aromatic nitrogens is 1. The third kappa shape index (κ3) is 3.16. The Morgan fingerprint density at radius 1 is 1.41 bits per heavy atom. The quantitative estimate of drug-likeness (QED) is 0.791. The van der Waals surface area contributed by atoms with Crippen molar-refractivity contribution in [2.24, 2.45) is 0 Å². The molecule has 3 nitrogen and oxygen atoms in total. The maximum atomic E-state index is 12.7. The van der Waals surface area contributed by atoms with Gasteiger partial charge in [-0.15, -0.1) is 0 Å². The van der Waals surface area contributed by atoms with Crippen molar-refractivity contribution in [1.29, 1.82) is 0 Å². The summed E-state index contributed by atoms with van der Waals surface area (Å²) in [4.78, 5) is 6.30. The summed E-state index contributed by atoms with van der Waals surface area (Å²) in [6.45, 7) is 8.54. The lowest BCUT2D eigenvalue weighted by Crippen LogP contribution is -2.40. The second-order valence-corrected chi connectivity index (χ2v) is 5.46. The van der Waals surface area contributed by atoms with E-state index in [2.05, 4.69) is 30.7 Å². The van der Waals surface area contributed by atoms with Crippen LogP contribution < -0.4 is 4.74 Å². The van der Waals surface area contributed by atoms with Crippen LogP contribution in [0.4, 0.5) is 4.39 Å². The van der Waals surface area contributed by atoms with Crippen LogP contribution in [0.3, 0.4) is 0 Å². The summed E-state index contributed by atoms with van der Waals surface area (Å²) in [6, 6.07) is 2.95. The number of ether oxygens (including phenoxy) is 1. The van der Waals surface area contributed by atoms with Crippen LogP contribution in [0, 0.1) is 5.82 Å². The molecule has 0 aromatic carbocycles. The molecule has 1 aromatic heterocycles. The standard InChI is InChI=1S/C13H19FN2O/c1-13(2,3)16-7-6-11(9-16)17-12-5-4-10(14)8-15-12/h4-5,8,11H,6-7,9H2,1-3H3. The average molecular weight is 238 g/mol. The minimum absolute atomic E-state index is 0.159. The molecule has 0 radical (unpaired) electrons. The fraction of sp³-hybridized carbons (Fsp3) is 0.615. The van der Waals surface area contributed by atoms with Crippen LogP contribution in [0.15, 0.2) is 18.3 Å². The number of pyridine rings is 1. The molecule has 1 fully saturated rings. The molecule has 1 aromatic rings. The zero-order chi connectivity index (χ0) is 12.5. The number of halogens is 1. The lowest BCUT2D eigenvalue weighted by Gasteiger charge is -2.31. The van der Waals surface area contributed by atoms with Crippen molar-refractivity contribution >= 4 is 0 Å². The number of nitrogens with zero attached hydrogens (tertiary/aromatic N) is 2. The summed E-state index contributed by atoms with van der Waals surface area (Å²) in [7, 11) is 0. The first-order valence-electron chi connectivity index (χ1n) is 5.98. The second-order valence-electron chi connectivity index (χ2n) is 5.46. The van der Waals surface area contributed by atoms with Crippen LogP contribution in [0.2, 0.25) is 0 Å². The molecule has 0 aliphatic carbocycles. The maximum absolute atomic E-state index is 12.7. The van der Waals surface area contributed by atoms with Crippen molar-refractivity contribution in [2.75, 3.05) is 13.1 Å². The molecule has 1 unspecified atom stereocenters. The summed E-state index contributed by atoms with van der Waals surface area (Å²) >= 11 is 0. The first kappa shape index (κ1) is 12.3. The smallest absolute Gasteiger partial charge is 0.213 e. The van der Waals surface area contributed by atoms with Gasteiger partial charge in [0.25, 0.3) is 0 Å². The second kappa shape index (κ2) is 4.61. The highest BCUT2D eigenvalue weighted by molar-refractivity contribution is 5.11. The third-order valence-electron chi connectivity index (χ3n) is 3.08. The fourth-order valence-electron chi connectivity index (χ4n) is 2.04. The summed E-state index contributed by atoms with van der Waals surface area (Å²) in [6.07, 6.45) is 2.34. The zero-order valence-corrected chi connectivity index (χ0v) is 10.6. The van der Waals surface area contributed by atoms with Crippen molar-refractivity contribution in [1.82, 2.24) is 9.88 Å². The van der Waals surface area contributed by atoms with Gasteiger partial charge in [-0.25, -0.2) is 9.37 Å². The number of hydrogen-bond donors (Lipinski definition) is 0. The van der Waals surface area contributed by atoms with E-state index < -0.39 is 0 Å². The molecular weight excluding hydrogens is 219 g/mol. The average Bonchev–Trinajstić information content (AvgIpc) is 2.69. The SMILES string of the molecule is CC(C)(C)N1CCC(Oc2ccc(F)cn2)C1. The van der Waals surface area contributed by atoms with Crippen molar-refractivity contribution in [3.05, 3.63) is 24.1 Å². The van der Waals surface area contributed by atoms with Crippen LogP contribution >= 0.6 is 0 Å². The monoisotopic (exact) mass is 238 g/mol. The topological polar surface area (TPSA) is 25.4 Å². The Kier molecular flexibility index (Phi) is 3.33. The summed E-state index contributed by atoms with van der Waals surface area (Å²) in [5, 5.41) is 0. The fourth-order valence-corrected chi connectivity index (χ4v) is 2.04. The van der Waals surface area contributed by atoms with Gasteiger partial charge in [0, 0.05) is 24.7 Å². The highest BCUT2D eigenvalue weighted by Crippen LogP contribution is 2.23. The molecule has 2 rings (SSSR count). The van der Waals surface area contributed by atoms with Gasteiger partial charge >= 0.3 is 0 Å². The van der Waals surface area contributed by atoms with Gasteiger partial charge in [-0.1, -0.05) is 0 Å². The first-order valence-corrected chi connectivity index (χ1v) is 5.98. The lowest BCUT2D eigenvalue weighted by molar-refractivity contribution is 0.138. The predicted molar refractivity (Wildman–Crippen MR) is 64.6 cm³/mol. The Morgan fingerprint density at radius 3 is 2.71 bits per heavy atom. The Labute approximate surface area is 102 Å². The van der Waals surface area contributed by atoms with Crippen molar-refractivity contribution in [3.63, 3.8) is 0 Å². The molecule has 1 saturated heterocycles. The van der Waals surface area contributed by atoms with Crippen LogP contribution in [-0.4, -0.2) is 34.6 Å². The van der Waals surface area contributed by atoms with Gasteiger partial charge in [0.15, 0.2) is 0 Å². The van der Waals surface area contributed by atoms with Gasteiger partial charge in [0.1, 0.15) is 11.9 Å². The van der Waals surface area contributed by atoms with Gasteiger partial charge in [-0.2, -0.15) is 0 Å². The largest absolute Gasteiger partial charge is 0.473 e. The zero-order valence-electron chi connectivity index (χ0n) is 10.6. The molecule has 0 amide bonds. The molecule has 0 N–H and O–H groups in total. The van der Waals surface area contributed by atoms with Crippen molar-refractivity contribution < 1.29 is 9.13 Å². The predicted octanol–water partition coefficient (Wildman–Crippen LogP) is 2.47. The van der Waals surface area contributed by atoms with Gasteiger partial charge in [-0.3, -0.25) is 4.90 Å². The van der Waals surface area contributed by atoms with E-state index in [-0.39, 0.29) is 17.5 Å². The molecule has 4 heteroatoms. The van der Waals surface area contributed by atoms with E-state index in [1.54, 1.807) is 6.07 Å². The molecule has 1 atom stereocenters.